The highest BCUT2D eigenvalue weighted by molar-refractivity contribution is 7.13. The second kappa shape index (κ2) is 6.26. The Hall–Kier alpha value is -1.88. The van der Waals surface area contributed by atoms with E-state index < -0.39 is 0 Å². The van der Waals surface area contributed by atoms with Gasteiger partial charge in [0.05, 0.1) is 0 Å². The molecule has 21 heavy (non-hydrogen) atoms. The van der Waals surface area contributed by atoms with Crippen LogP contribution in [0.5, 0.6) is 5.75 Å². The molecule has 0 atom stereocenters. The predicted molar refractivity (Wildman–Crippen MR) is 86.2 cm³/mol. The number of carbonyl (C=O) groups is 1. The van der Waals surface area contributed by atoms with E-state index in [-0.39, 0.29) is 17.9 Å². The Balaban J connectivity index is 1.92. The van der Waals surface area contributed by atoms with Crippen LogP contribution in [0.2, 0.25) is 0 Å². The number of benzene rings is 1. The van der Waals surface area contributed by atoms with Gasteiger partial charge in [-0.3, -0.25) is 9.69 Å². The molecule has 0 N–H and O–H groups in total. The van der Waals surface area contributed by atoms with Crippen LogP contribution in [0, 0.1) is 0 Å². The average Bonchev–Trinajstić information content (AvgIpc) is 2.97. The van der Waals surface area contributed by atoms with Gasteiger partial charge in [0.15, 0.2) is 11.7 Å². The SMILES string of the molecule is CN(C(=O)COc1ccc(C(C)(C)C)cc1)c1nccs1. The van der Waals surface area contributed by atoms with Crippen molar-refractivity contribution in [2.45, 2.75) is 26.2 Å². The number of carbonyl (C=O) groups excluding carboxylic acids is 1. The fourth-order valence-electron chi connectivity index (χ4n) is 1.78. The van der Waals surface area contributed by atoms with Crippen LogP contribution in [0.15, 0.2) is 35.8 Å². The summed E-state index contributed by atoms with van der Waals surface area (Å²) in [5.74, 6) is 0.578. The lowest BCUT2D eigenvalue weighted by atomic mass is 9.87. The Labute approximate surface area is 129 Å². The first kappa shape index (κ1) is 15.5. The molecule has 1 heterocycles. The second-order valence-corrected chi connectivity index (χ2v) is 6.70. The van der Waals surface area contributed by atoms with Gasteiger partial charge in [-0.1, -0.05) is 32.9 Å². The van der Waals surface area contributed by atoms with Crippen molar-refractivity contribution in [1.82, 2.24) is 4.98 Å². The summed E-state index contributed by atoms with van der Waals surface area (Å²) in [6.07, 6.45) is 1.68. The lowest BCUT2D eigenvalue weighted by Gasteiger charge is -2.19. The van der Waals surface area contributed by atoms with E-state index in [2.05, 4.69) is 25.8 Å². The van der Waals surface area contributed by atoms with E-state index in [1.807, 2.05) is 29.6 Å². The zero-order chi connectivity index (χ0) is 15.5. The van der Waals surface area contributed by atoms with Crippen molar-refractivity contribution in [2.24, 2.45) is 0 Å². The van der Waals surface area contributed by atoms with Gasteiger partial charge in [-0.05, 0) is 23.1 Å². The second-order valence-electron chi connectivity index (χ2n) is 5.83. The van der Waals surface area contributed by atoms with E-state index >= 15 is 0 Å². The van der Waals surface area contributed by atoms with Crippen LogP contribution in [0.1, 0.15) is 26.3 Å². The summed E-state index contributed by atoms with van der Waals surface area (Å²) in [6.45, 7) is 6.49. The molecule has 0 saturated carbocycles. The van der Waals surface area contributed by atoms with Gasteiger partial charge in [-0.25, -0.2) is 4.98 Å². The van der Waals surface area contributed by atoms with E-state index in [4.69, 9.17) is 4.74 Å². The smallest absolute Gasteiger partial charge is 0.266 e. The first-order valence-electron chi connectivity index (χ1n) is 6.77. The lowest BCUT2D eigenvalue weighted by molar-refractivity contribution is -0.120. The summed E-state index contributed by atoms with van der Waals surface area (Å²) in [5, 5.41) is 2.51. The third-order valence-electron chi connectivity index (χ3n) is 3.16. The Morgan fingerprint density at radius 3 is 2.48 bits per heavy atom. The Kier molecular flexibility index (Phi) is 4.63. The molecule has 0 unspecified atom stereocenters. The molecule has 5 heteroatoms. The van der Waals surface area contributed by atoms with Crippen LogP contribution < -0.4 is 9.64 Å². The number of ether oxygens (including phenoxy) is 1. The van der Waals surface area contributed by atoms with Crippen molar-refractivity contribution >= 4 is 22.4 Å². The molecule has 0 saturated heterocycles. The van der Waals surface area contributed by atoms with Gasteiger partial charge in [0.2, 0.25) is 0 Å². The summed E-state index contributed by atoms with van der Waals surface area (Å²) in [6, 6.07) is 7.86. The number of thiazole rings is 1. The number of anilines is 1. The van der Waals surface area contributed by atoms with Gasteiger partial charge in [-0.15, -0.1) is 11.3 Å². The minimum Gasteiger partial charge on any atom is -0.484 e. The molecule has 0 radical (unpaired) electrons. The molecule has 2 rings (SSSR count). The molecule has 0 fully saturated rings. The lowest BCUT2D eigenvalue weighted by Crippen LogP contribution is -2.31. The summed E-state index contributed by atoms with van der Waals surface area (Å²) in [5.41, 5.74) is 1.35. The average molecular weight is 304 g/mol. The molecular weight excluding hydrogens is 284 g/mol. The third kappa shape index (κ3) is 4.04. The van der Waals surface area contributed by atoms with E-state index in [0.29, 0.717) is 10.9 Å². The monoisotopic (exact) mass is 304 g/mol. The topological polar surface area (TPSA) is 42.4 Å². The van der Waals surface area contributed by atoms with Crippen LogP contribution in [-0.4, -0.2) is 24.5 Å². The predicted octanol–water partition coefficient (Wildman–Crippen LogP) is 3.48. The van der Waals surface area contributed by atoms with Crippen LogP contribution >= 0.6 is 11.3 Å². The fourth-order valence-corrected chi connectivity index (χ4v) is 2.41. The quantitative estimate of drug-likeness (QED) is 0.868. The number of aromatic nitrogens is 1. The zero-order valence-electron chi connectivity index (χ0n) is 12.8. The normalized spacial score (nSPS) is 11.2. The van der Waals surface area contributed by atoms with Gasteiger partial charge in [0.25, 0.3) is 5.91 Å². The highest BCUT2D eigenvalue weighted by Crippen LogP contribution is 2.24. The third-order valence-corrected chi connectivity index (χ3v) is 4.01. The molecule has 1 amide bonds. The minimum atomic E-state index is -0.121. The highest BCUT2D eigenvalue weighted by Gasteiger charge is 2.15. The fraction of sp³-hybridized carbons (Fsp3) is 0.375. The van der Waals surface area contributed by atoms with Crippen LogP contribution in [0.4, 0.5) is 5.13 Å². The molecule has 0 aliphatic carbocycles. The molecule has 1 aromatic heterocycles. The van der Waals surface area contributed by atoms with Gasteiger partial charge >= 0.3 is 0 Å². The summed E-state index contributed by atoms with van der Waals surface area (Å²) >= 11 is 1.42. The molecule has 0 bridgehead atoms. The molecule has 4 nitrogen and oxygen atoms in total. The number of amides is 1. The first-order valence-corrected chi connectivity index (χ1v) is 7.65. The van der Waals surface area contributed by atoms with Crippen molar-refractivity contribution in [2.75, 3.05) is 18.6 Å². The summed E-state index contributed by atoms with van der Waals surface area (Å²) in [7, 11) is 1.70. The number of likely N-dealkylation sites (N-methyl/N-ethyl adjacent to an activating group) is 1. The number of rotatable bonds is 4. The molecule has 0 aliphatic rings. The minimum absolute atomic E-state index is 0.00491. The number of hydrogen-bond donors (Lipinski definition) is 0. The highest BCUT2D eigenvalue weighted by atomic mass is 32.1. The van der Waals surface area contributed by atoms with Crippen LogP contribution in [0.25, 0.3) is 0 Å². The number of hydrogen-bond acceptors (Lipinski definition) is 4. The number of nitrogens with zero attached hydrogens (tertiary/aromatic N) is 2. The maximum atomic E-state index is 12.0. The standard InChI is InChI=1S/C16H20N2O2S/c1-16(2,3)12-5-7-13(8-6-12)20-11-14(19)18(4)15-17-9-10-21-15/h5-10H,11H2,1-4H3. The summed E-state index contributed by atoms with van der Waals surface area (Å²) in [4.78, 5) is 17.6. The van der Waals surface area contributed by atoms with Crippen LogP contribution in [-0.2, 0) is 10.2 Å². The molecule has 1 aromatic carbocycles. The Bertz CT molecular complexity index is 586. The summed E-state index contributed by atoms with van der Waals surface area (Å²) < 4.78 is 5.54. The first-order chi connectivity index (χ1) is 9.88. The maximum Gasteiger partial charge on any atom is 0.266 e. The van der Waals surface area contributed by atoms with Crippen LogP contribution in [0.3, 0.4) is 0 Å². The van der Waals surface area contributed by atoms with E-state index in [0.717, 1.165) is 0 Å². The Morgan fingerprint density at radius 1 is 1.29 bits per heavy atom. The molecule has 0 aliphatic heterocycles. The van der Waals surface area contributed by atoms with Gasteiger partial charge < -0.3 is 4.74 Å². The van der Waals surface area contributed by atoms with Crippen molar-refractivity contribution in [3.63, 3.8) is 0 Å². The zero-order valence-corrected chi connectivity index (χ0v) is 13.6. The largest absolute Gasteiger partial charge is 0.484 e. The van der Waals surface area contributed by atoms with E-state index in [1.54, 1.807) is 13.2 Å². The molecule has 0 spiro atoms. The molecular formula is C16H20N2O2S. The van der Waals surface area contributed by atoms with Gasteiger partial charge in [-0.2, -0.15) is 0 Å². The van der Waals surface area contributed by atoms with Crippen molar-refractivity contribution < 1.29 is 9.53 Å². The molecule has 2 aromatic rings. The van der Waals surface area contributed by atoms with Crippen molar-refractivity contribution in [1.29, 1.82) is 0 Å². The van der Waals surface area contributed by atoms with E-state index in [9.17, 15) is 4.79 Å². The van der Waals surface area contributed by atoms with Crippen molar-refractivity contribution in [3.8, 4) is 5.75 Å². The van der Waals surface area contributed by atoms with E-state index in [1.165, 1.54) is 21.8 Å². The van der Waals surface area contributed by atoms with Gasteiger partial charge in [0, 0.05) is 18.6 Å². The van der Waals surface area contributed by atoms with Gasteiger partial charge in [0.1, 0.15) is 5.75 Å². The van der Waals surface area contributed by atoms with Crippen molar-refractivity contribution in [3.05, 3.63) is 41.4 Å². The maximum absolute atomic E-state index is 12.0. The Morgan fingerprint density at radius 2 is 1.95 bits per heavy atom. The molecule has 112 valence electrons.